The van der Waals surface area contributed by atoms with E-state index in [4.69, 9.17) is 4.42 Å². The van der Waals surface area contributed by atoms with Gasteiger partial charge in [0, 0.05) is 18.2 Å². The second-order valence-corrected chi connectivity index (χ2v) is 4.36. The number of anilines is 1. The number of carbonyl (C=O) groups excluding carboxylic acids is 1. The van der Waals surface area contributed by atoms with Crippen molar-refractivity contribution in [3.05, 3.63) is 36.4 Å². The highest BCUT2D eigenvalue weighted by Gasteiger charge is 2.10. The highest BCUT2D eigenvalue weighted by molar-refractivity contribution is 5.88. The maximum Gasteiger partial charge on any atom is 0.320 e. The van der Waals surface area contributed by atoms with E-state index in [0.717, 1.165) is 12.0 Å². The molecule has 0 aliphatic heterocycles. The number of nitrogens with zero attached hydrogens (tertiary/aromatic N) is 2. The zero-order valence-electron chi connectivity index (χ0n) is 11.1. The van der Waals surface area contributed by atoms with Crippen LogP contribution in [-0.4, -0.2) is 15.8 Å². The lowest BCUT2D eigenvalue weighted by atomic mass is 10.3. The molecule has 2 aromatic rings. The van der Waals surface area contributed by atoms with Crippen LogP contribution in [0.5, 0.6) is 0 Å². The summed E-state index contributed by atoms with van der Waals surface area (Å²) in [4.78, 5) is 11.8. The van der Waals surface area contributed by atoms with E-state index in [9.17, 15) is 4.79 Å². The first-order valence-electron chi connectivity index (χ1n) is 6.30. The van der Waals surface area contributed by atoms with Gasteiger partial charge in [-0.15, -0.1) is 0 Å². The molecule has 0 saturated heterocycles. The van der Waals surface area contributed by atoms with Gasteiger partial charge in [-0.1, -0.05) is 6.92 Å². The number of hydrogen-bond donors (Lipinski definition) is 2. The lowest BCUT2D eigenvalue weighted by Gasteiger charge is -2.14. The van der Waals surface area contributed by atoms with Gasteiger partial charge in [0.1, 0.15) is 5.82 Å². The minimum Gasteiger partial charge on any atom is -0.472 e. The fourth-order valence-corrected chi connectivity index (χ4v) is 1.67. The molecule has 0 aliphatic carbocycles. The smallest absolute Gasteiger partial charge is 0.320 e. The van der Waals surface area contributed by atoms with Crippen molar-refractivity contribution in [2.24, 2.45) is 0 Å². The van der Waals surface area contributed by atoms with E-state index in [-0.39, 0.29) is 12.1 Å². The highest BCUT2D eigenvalue weighted by Crippen LogP contribution is 2.16. The van der Waals surface area contributed by atoms with E-state index >= 15 is 0 Å². The normalized spacial score (nSPS) is 12.1. The molecule has 0 aromatic carbocycles. The largest absolute Gasteiger partial charge is 0.472 e. The maximum atomic E-state index is 11.8. The fraction of sp³-hybridized carbons (Fsp3) is 0.385. The van der Waals surface area contributed by atoms with Crippen molar-refractivity contribution >= 4 is 11.8 Å². The number of urea groups is 1. The predicted octanol–water partition coefficient (Wildman–Crippen LogP) is 2.77. The number of hydrogen-bond acceptors (Lipinski definition) is 3. The van der Waals surface area contributed by atoms with Crippen LogP contribution < -0.4 is 10.6 Å². The Morgan fingerprint density at radius 2 is 2.37 bits per heavy atom. The summed E-state index contributed by atoms with van der Waals surface area (Å²) in [7, 11) is 0. The molecule has 6 heteroatoms. The van der Waals surface area contributed by atoms with Crippen molar-refractivity contribution in [3.63, 3.8) is 0 Å². The lowest BCUT2D eigenvalue weighted by Crippen LogP contribution is -2.29. The Hall–Kier alpha value is -2.24. The number of amides is 2. The quantitative estimate of drug-likeness (QED) is 0.870. The molecular formula is C13H18N4O2. The SMILES string of the molecule is CC[C@H](C)n1nccc1NC(=O)NCc1ccoc1. The Morgan fingerprint density at radius 1 is 1.53 bits per heavy atom. The minimum atomic E-state index is -0.258. The van der Waals surface area contributed by atoms with Gasteiger partial charge < -0.3 is 9.73 Å². The van der Waals surface area contributed by atoms with Crippen molar-refractivity contribution in [2.45, 2.75) is 32.9 Å². The van der Waals surface area contributed by atoms with Crippen LogP contribution in [0.25, 0.3) is 0 Å². The molecule has 0 spiro atoms. The van der Waals surface area contributed by atoms with Gasteiger partial charge in [-0.2, -0.15) is 5.10 Å². The Kier molecular flexibility index (Phi) is 4.22. The van der Waals surface area contributed by atoms with Crippen molar-refractivity contribution in [1.82, 2.24) is 15.1 Å². The summed E-state index contributed by atoms with van der Waals surface area (Å²) in [5.74, 6) is 0.694. The first-order chi connectivity index (χ1) is 9.20. The van der Waals surface area contributed by atoms with E-state index < -0.39 is 0 Å². The van der Waals surface area contributed by atoms with Crippen LogP contribution in [0.2, 0.25) is 0 Å². The first-order valence-corrected chi connectivity index (χ1v) is 6.30. The van der Waals surface area contributed by atoms with Crippen molar-refractivity contribution in [2.75, 3.05) is 5.32 Å². The van der Waals surface area contributed by atoms with Crippen LogP contribution in [0.15, 0.2) is 35.3 Å². The molecule has 0 aliphatic rings. The van der Waals surface area contributed by atoms with Gasteiger partial charge >= 0.3 is 6.03 Å². The minimum absolute atomic E-state index is 0.249. The average molecular weight is 262 g/mol. The summed E-state index contributed by atoms with van der Waals surface area (Å²) in [5, 5.41) is 9.75. The molecule has 0 fully saturated rings. The van der Waals surface area contributed by atoms with Gasteiger partial charge in [0.05, 0.1) is 24.8 Å². The van der Waals surface area contributed by atoms with Gasteiger partial charge in [0.2, 0.25) is 0 Å². The van der Waals surface area contributed by atoms with Gasteiger partial charge in [-0.05, 0) is 19.4 Å². The molecule has 0 unspecified atom stereocenters. The standard InChI is InChI=1S/C13H18N4O2/c1-3-10(2)17-12(4-6-15-17)16-13(18)14-8-11-5-7-19-9-11/h4-7,9-10H,3,8H2,1-2H3,(H2,14,16,18)/t10-/m0/s1. The summed E-state index contributed by atoms with van der Waals surface area (Å²) >= 11 is 0. The Bertz CT molecular complexity index is 518. The number of nitrogens with one attached hydrogen (secondary N) is 2. The number of rotatable bonds is 5. The molecule has 102 valence electrons. The van der Waals surface area contributed by atoms with Gasteiger partial charge in [0.25, 0.3) is 0 Å². The summed E-state index contributed by atoms with van der Waals surface area (Å²) < 4.78 is 6.73. The molecule has 0 bridgehead atoms. The molecule has 2 aromatic heterocycles. The summed E-state index contributed by atoms with van der Waals surface area (Å²) in [6.45, 7) is 4.57. The van der Waals surface area contributed by atoms with Gasteiger partial charge in [-0.25, -0.2) is 9.48 Å². The number of carbonyl (C=O) groups is 1. The molecule has 2 rings (SSSR count). The van der Waals surface area contributed by atoms with E-state index in [1.54, 1.807) is 29.5 Å². The van der Waals surface area contributed by atoms with Crippen LogP contribution in [0, 0.1) is 0 Å². The second-order valence-electron chi connectivity index (χ2n) is 4.36. The average Bonchev–Trinajstić information content (AvgIpc) is 3.06. The van der Waals surface area contributed by atoms with E-state index in [0.29, 0.717) is 12.4 Å². The summed E-state index contributed by atoms with van der Waals surface area (Å²) in [5.41, 5.74) is 0.922. The van der Waals surface area contributed by atoms with E-state index in [1.807, 2.05) is 6.07 Å². The molecule has 0 radical (unpaired) electrons. The topological polar surface area (TPSA) is 72.1 Å². The van der Waals surface area contributed by atoms with Crippen LogP contribution in [-0.2, 0) is 6.54 Å². The van der Waals surface area contributed by atoms with Crippen LogP contribution in [0.3, 0.4) is 0 Å². The van der Waals surface area contributed by atoms with Crippen LogP contribution >= 0.6 is 0 Å². The third-order valence-electron chi connectivity index (χ3n) is 2.95. The lowest BCUT2D eigenvalue weighted by molar-refractivity contribution is 0.251. The third-order valence-corrected chi connectivity index (χ3v) is 2.95. The van der Waals surface area contributed by atoms with Crippen molar-refractivity contribution in [3.8, 4) is 0 Å². The van der Waals surface area contributed by atoms with Crippen molar-refractivity contribution in [1.29, 1.82) is 0 Å². The second kappa shape index (κ2) is 6.08. The maximum absolute atomic E-state index is 11.8. The number of aromatic nitrogens is 2. The Morgan fingerprint density at radius 3 is 3.05 bits per heavy atom. The predicted molar refractivity (Wildman–Crippen MR) is 71.8 cm³/mol. The molecule has 2 N–H and O–H groups in total. The van der Waals surface area contributed by atoms with Crippen LogP contribution in [0.4, 0.5) is 10.6 Å². The summed E-state index contributed by atoms with van der Waals surface area (Å²) in [6.07, 6.45) is 5.81. The highest BCUT2D eigenvalue weighted by atomic mass is 16.3. The van der Waals surface area contributed by atoms with E-state index in [2.05, 4.69) is 29.6 Å². The van der Waals surface area contributed by atoms with E-state index in [1.165, 1.54) is 0 Å². The molecule has 1 atom stereocenters. The molecule has 0 saturated carbocycles. The van der Waals surface area contributed by atoms with Gasteiger partial charge in [-0.3, -0.25) is 5.32 Å². The Balaban J connectivity index is 1.90. The Labute approximate surface area is 111 Å². The summed E-state index contributed by atoms with van der Waals surface area (Å²) in [6, 6.07) is 3.58. The molecule has 19 heavy (non-hydrogen) atoms. The van der Waals surface area contributed by atoms with Crippen molar-refractivity contribution < 1.29 is 9.21 Å². The monoisotopic (exact) mass is 262 g/mol. The first kappa shape index (κ1) is 13.2. The van der Waals surface area contributed by atoms with Gasteiger partial charge in [0.15, 0.2) is 0 Å². The third kappa shape index (κ3) is 3.37. The molecule has 6 nitrogen and oxygen atoms in total. The molecule has 2 heterocycles. The fourth-order valence-electron chi connectivity index (χ4n) is 1.67. The zero-order chi connectivity index (χ0) is 13.7. The molecular weight excluding hydrogens is 244 g/mol. The number of furan rings is 1. The molecule has 2 amide bonds. The zero-order valence-corrected chi connectivity index (χ0v) is 11.1. The van der Waals surface area contributed by atoms with Crippen LogP contribution in [0.1, 0.15) is 31.9 Å².